The molecule has 1 aromatic carbocycles. The summed E-state index contributed by atoms with van der Waals surface area (Å²) in [6.07, 6.45) is 1.26. The second kappa shape index (κ2) is 6.65. The van der Waals surface area contributed by atoms with Crippen molar-refractivity contribution >= 4 is 11.9 Å². The second-order valence-electron chi connectivity index (χ2n) is 4.97. The Morgan fingerprint density at radius 2 is 2.14 bits per heavy atom. The van der Waals surface area contributed by atoms with Crippen LogP contribution in [0, 0.1) is 17.6 Å². The molecule has 1 atom stereocenters. The normalized spacial score (nSPS) is 18.4. The largest absolute Gasteiger partial charge is 0.466 e. The molecule has 0 radical (unpaired) electrons. The van der Waals surface area contributed by atoms with E-state index in [0.717, 1.165) is 18.2 Å². The molecule has 1 aromatic rings. The van der Waals surface area contributed by atoms with E-state index >= 15 is 0 Å². The van der Waals surface area contributed by atoms with Crippen LogP contribution in [0.4, 0.5) is 8.78 Å². The van der Waals surface area contributed by atoms with Crippen LogP contribution in [0.15, 0.2) is 18.2 Å². The van der Waals surface area contributed by atoms with E-state index in [2.05, 4.69) is 0 Å². The molecule has 1 amide bonds. The average molecular weight is 297 g/mol. The third-order valence-corrected chi connectivity index (χ3v) is 3.49. The Morgan fingerprint density at radius 1 is 1.38 bits per heavy atom. The highest BCUT2D eigenvalue weighted by Crippen LogP contribution is 2.21. The van der Waals surface area contributed by atoms with Gasteiger partial charge in [-0.05, 0) is 38.0 Å². The number of nitrogens with zero attached hydrogens (tertiary/aromatic N) is 1. The molecular formula is C15H17F2NO3. The van der Waals surface area contributed by atoms with E-state index in [1.165, 1.54) is 4.90 Å². The molecule has 21 heavy (non-hydrogen) atoms. The minimum absolute atomic E-state index is 0.174. The topological polar surface area (TPSA) is 46.6 Å². The molecule has 1 unspecified atom stereocenters. The third-order valence-electron chi connectivity index (χ3n) is 3.49. The van der Waals surface area contributed by atoms with Crippen LogP contribution < -0.4 is 0 Å². The lowest BCUT2D eigenvalue weighted by Gasteiger charge is -2.31. The van der Waals surface area contributed by atoms with Gasteiger partial charge in [0.25, 0.3) is 5.91 Å². The molecule has 1 aliphatic rings. The zero-order chi connectivity index (χ0) is 15.4. The SMILES string of the molecule is CCOC(=O)C1CCCN(C(=O)c2cc(F)ccc2F)C1. The van der Waals surface area contributed by atoms with Gasteiger partial charge < -0.3 is 9.64 Å². The average Bonchev–Trinajstić information content (AvgIpc) is 2.49. The molecule has 4 nitrogen and oxygen atoms in total. The summed E-state index contributed by atoms with van der Waals surface area (Å²) >= 11 is 0. The minimum Gasteiger partial charge on any atom is -0.466 e. The highest BCUT2D eigenvalue weighted by Gasteiger charge is 2.30. The van der Waals surface area contributed by atoms with Crippen molar-refractivity contribution in [3.05, 3.63) is 35.4 Å². The summed E-state index contributed by atoms with van der Waals surface area (Å²) in [5.74, 6) is -2.78. The summed E-state index contributed by atoms with van der Waals surface area (Å²) in [7, 11) is 0. The van der Waals surface area contributed by atoms with E-state index in [-0.39, 0.29) is 24.7 Å². The number of hydrogen-bond donors (Lipinski definition) is 0. The summed E-state index contributed by atoms with van der Waals surface area (Å²) in [6.45, 7) is 2.59. The number of likely N-dealkylation sites (tertiary alicyclic amines) is 1. The van der Waals surface area contributed by atoms with Gasteiger partial charge in [0.1, 0.15) is 11.6 Å². The summed E-state index contributed by atoms with van der Waals surface area (Å²) < 4.78 is 31.8. The molecular weight excluding hydrogens is 280 g/mol. The number of carbonyl (C=O) groups excluding carboxylic acids is 2. The molecule has 0 N–H and O–H groups in total. The summed E-state index contributed by atoms with van der Waals surface area (Å²) in [6, 6.07) is 2.77. The van der Waals surface area contributed by atoms with Crippen LogP contribution >= 0.6 is 0 Å². The predicted octanol–water partition coefficient (Wildman–Crippen LogP) is 2.38. The van der Waals surface area contributed by atoms with Gasteiger partial charge in [-0.3, -0.25) is 9.59 Å². The second-order valence-corrected chi connectivity index (χ2v) is 4.97. The molecule has 1 heterocycles. The van der Waals surface area contributed by atoms with E-state index in [1.807, 2.05) is 0 Å². The number of piperidine rings is 1. The maximum atomic E-state index is 13.6. The lowest BCUT2D eigenvalue weighted by molar-refractivity contribution is -0.149. The fourth-order valence-electron chi connectivity index (χ4n) is 2.45. The van der Waals surface area contributed by atoms with Crippen LogP contribution in [0.25, 0.3) is 0 Å². The summed E-state index contributed by atoms with van der Waals surface area (Å²) in [5, 5.41) is 0. The van der Waals surface area contributed by atoms with Crippen molar-refractivity contribution in [3.8, 4) is 0 Å². The Hall–Kier alpha value is -1.98. The lowest BCUT2D eigenvalue weighted by atomic mass is 9.97. The molecule has 1 fully saturated rings. The van der Waals surface area contributed by atoms with Gasteiger partial charge in [-0.15, -0.1) is 0 Å². The number of hydrogen-bond acceptors (Lipinski definition) is 3. The van der Waals surface area contributed by atoms with Crippen LogP contribution in [0.3, 0.4) is 0 Å². The van der Waals surface area contributed by atoms with Crippen molar-refractivity contribution in [2.24, 2.45) is 5.92 Å². The molecule has 0 saturated carbocycles. The Morgan fingerprint density at radius 3 is 2.86 bits per heavy atom. The molecule has 0 aromatic heterocycles. The smallest absolute Gasteiger partial charge is 0.310 e. The van der Waals surface area contributed by atoms with Crippen molar-refractivity contribution in [2.45, 2.75) is 19.8 Å². The van der Waals surface area contributed by atoms with Crippen LogP contribution in [-0.2, 0) is 9.53 Å². The molecule has 0 bridgehead atoms. The van der Waals surface area contributed by atoms with Gasteiger partial charge in [-0.2, -0.15) is 0 Å². The number of carbonyl (C=O) groups is 2. The van der Waals surface area contributed by atoms with Gasteiger partial charge in [-0.25, -0.2) is 8.78 Å². The number of ether oxygens (including phenoxy) is 1. The number of halogens is 2. The predicted molar refractivity (Wildman–Crippen MR) is 71.6 cm³/mol. The molecule has 2 rings (SSSR count). The minimum atomic E-state index is -0.764. The third kappa shape index (κ3) is 3.56. The first kappa shape index (κ1) is 15.4. The summed E-state index contributed by atoms with van der Waals surface area (Å²) in [4.78, 5) is 25.4. The molecule has 6 heteroatoms. The fourth-order valence-corrected chi connectivity index (χ4v) is 2.45. The van der Waals surface area contributed by atoms with Gasteiger partial charge >= 0.3 is 5.97 Å². The first-order valence-corrected chi connectivity index (χ1v) is 6.94. The highest BCUT2D eigenvalue weighted by atomic mass is 19.1. The Labute approximate surface area is 121 Å². The number of esters is 1. The van der Waals surface area contributed by atoms with Crippen molar-refractivity contribution in [2.75, 3.05) is 19.7 Å². The van der Waals surface area contributed by atoms with Crippen molar-refractivity contribution in [1.29, 1.82) is 0 Å². The number of benzene rings is 1. The lowest BCUT2D eigenvalue weighted by Crippen LogP contribution is -2.43. The molecule has 0 spiro atoms. The molecule has 114 valence electrons. The number of amides is 1. The van der Waals surface area contributed by atoms with Gasteiger partial charge in [0, 0.05) is 13.1 Å². The monoisotopic (exact) mass is 297 g/mol. The van der Waals surface area contributed by atoms with Gasteiger partial charge in [0.15, 0.2) is 0 Å². The van der Waals surface area contributed by atoms with E-state index in [9.17, 15) is 18.4 Å². The zero-order valence-electron chi connectivity index (χ0n) is 11.8. The van der Waals surface area contributed by atoms with Crippen LogP contribution in [-0.4, -0.2) is 36.5 Å². The molecule has 1 saturated heterocycles. The van der Waals surface area contributed by atoms with E-state index in [4.69, 9.17) is 4.74 Å². The summed E-state index contributed by atoms with van der Waals surface area (Å²) in [5.41, 5.74) is -0.306. The van der Waals surface area contributed by atoms with Crippen LogP contribution in [0.5, 0.6) is 0 Å². The molecule has 1 aliphatic heterocycles. The first-order chi connectivity index (χ1) is 10.0. The van der Waals surface area contributed by atoms with Crippen molar-refractivity contribution in [3.63, 3.8) is 0 Å². The van der Waals surface area contributed by atoms with Crippen molar-refractivity contribution in [1.82, 2.24) is 4.90 Å². The Balaban J connectivity index is 2.12. The van der Waals surface area contributed by atoms with E-state index in [0.29, 0.717) is 19.4 Å². The Bertz CT molecular complexity index is 548. The van der Waals surface area contributed by atoms with Gasteiger partial charge in [0.2, 0.25) is 0 Å². The molecule has 0 aliphatic carbocycles. The Kier molecular flexibility index (Phi) is 4.88. The zero-order valence-corrected chi connectivity index (χ0v) is 11.8. The van der Waals surface area contributed by atoms with Gasteiger partial charge in [0.05, 0.1) is 18.1 Å². The highest BCUT2D eigenvalue weighted by molar-refractivity contribution is 5.94. The number of rotatable bonds is 3. The van der Waals surface area contributed by atoms with Crippen molar-refractivity contribution < 1.29 is 23.1 Å². The van der Waals surface area contributed by atoms with Gasteiger partial charge in [-0.1, -0.05) is 0 Å². The van der Waals surface area contributed by atoms with E-state index in [1.54, 1.807) is 6.92 Å². The van der Waals surface area contributed by atoms with Crippen LogP contribution in [0.1, 0.15) is 30.1 Å². The first-order valence-electron chi connectivity index (χ1n) is 6.94. The quantitative estimate of drug-likeness (QED) is 0.805. The standard InChI is InChI=1S/C15H17F2NO3/c1-2-21-15(20)10-4-3-7-18(9-10)14(19)12-8-11(16)5-6-13(12)17/h5-6,8,10H,2-4,7,9H2,1H3. The maximum Gasteiger partial charge on any atom is 0.310 e. The van der Waals surface area contributed by atoms with Crippen LogP contribution in [0.2, 0.25) is 0 Å². The fraction of sp³-hybridized carbons (Fsp3) is 0.467. The maximum absolute atomic E-state index is 13.6. The van der Waals surface area contributed by atoms with E-state index < -0.39 is 23.5 Å².